The average Bonchev–Trinajstić information content (AvgIpc) is 2.79. The van der Waals surface area contributed by atoms with Crippen LogP contribution < -0.4 is 5.32 Å². The molecule has 0 aliphatic heterocycles. The van der Waals surface area contributed by atoms with Gasteiger partial charge in [0.15, 0.2) is 6.29 Å². The summed E-state index contributed by atoms with van der Waals surface area (Å²) in [5, 5.41) is 2.71. The molecule has 0 saturated heterocycles. The van der Waals surface area contributed by atoms with Gasteiger partial charge in [-0.1, -0.05) is 0 Å². The van der Waals surface area contributed by atoms with E-state index < -0.39 is 6.29 Å². The van der Waals surface area contributed by atoms with Crippen molar-refractivity contribution in [1.82, 2.24) is 5.32 Å². The van der Waals surface area contributed by atoms with Crippen LogP contribution in [0, 0.1) is 0 Å². The van der Waals surface area contributed by atoms with Crippen molar-refractivity contribution in [3.05, 3.63) is 24.2 Å². The highest BCUT2D eigenvalue weighted by molar-refractivity contribution is 5.93. The van der Waals surface area contributed by atoms with Crippen LogP contribution in [-0.2, 0) is 9.47 Å². The topological polar surface area (TPSA) is 60.7 Å². The predicted octanol–water partition coefficient (Wildman–Crippen LogP) is 1.41. The predicted molar refractivity (Wildman–Crippen MR) is 58.1 cm³/mol. The van der Waals surface area contributed by atoms with Crippen LogP contribution in [0.15, 0.2) is 23.0 Å². The maximum atomic E-state index is 11.5. The molecule has 0 spiro atoms. The van der Waals surface area contributed by atoms with E-state index in [1.54, 1.807) is 6.07 Å². The average molecular weight is 227 g/mol. The lowest BCUT2D eigenvalue weighted by Crippen LogP contribution is -2.35. The summed E-state index contributed by atoms with van der Waals surface area (Å²) in [6, 6.07) is 1.60. The maximum Gasteiger partial charge on any atom is 0.254 e. The van der Waals surface area contributed by atoms with Crippen LogP contribution in [-0.4, -0.2) is 32.0 Å². The van der Waals surface area contributed by atoms with E-state index >= 15 is 0 Å². The molecule has 1 amide bonds. The summed E-state index contributed by atoms with van der Waals surface area (Å²) in [7, 11) is 0. The number of hydrogen-bond acceptors (Lipinski definition) is 4. The second-order valence-corrected chi connectivity index (χ2v) is 3.06. The second-order valence-electron chi connectivity index (χ2n) is 3.06. The zero-order valence-electron chi connectivity index (χ0n) is 9.56. The lowest BCUT2D eigenvalue weighted by Gasteiger charge is -2.16. The summed E-state index contributed by atoms with van der Waals surface area (Å²) in [4.78, 5) is 11.5. The summed E-state index contributed by atoms with van der Waals surface area (Å²) >= 11 is 0. The molecule has 0 aromatic carbocycles. The normalized spacial score (nSPS) is 10.7. The van der Waals surface area contributed by atoms with Crippen molar-refractivity contribution in [3.8, 4) is 0 Å². The molecule has 0 bridgehead atoms. The molecular weight excluding hydrogens is 210 g/mol. The Labute approximate surface area is 94.7 Å². The van der Waals surface area contributed by atoms with Gasteiger partial charge in [-0.15, -0.1) is 0 Å². The number of rotatable bonds is 7. The van der Waals surface area contributed by atoms with E-state index in [1.807, 2.05) is 13.8 Å². The van der Waals surface area contributed by atoms with Gasteiger partial charge in [0.05, 0.1) is 18.4 Å². The molecule has 16 heavy (non-hydrogen) atoms. The van der Waals surface area contributed by atoms with Crippen LogP contribution in [0.4, 0.5) is 0 Å². The summed E-state index contributed by atoms with van der Waals surface area (Å²) in [5.74, 6) is -0.196. The minimum Gasteiger partial charge on any atom is -0.472 e. The molecule has 0 atom stereocenters. The molecule has 90 valence electrons. The third-order valence-corrected chi connectivity index (χ3v) is 1.92. The zero-order valence-corrected chi connectivity index (χ0v) is 9.56. The van der Waals surface area contributed by atoms with E-state index in [4.69, 9.17) is 13.9 Å². The fraction of sp³-hybridized carbons (Fsp3) is 0.545. The third kappa shape index (κ3) is 4.04. The highest BCUT2D eigenvalue weighted by atomic mass is 16.7. The van der Waals surface area contributed by atoms with Gasteiger partial charge >= 0.3 is 0 Å². The Bertz CT molecular complexity index is 291. The highest BCUT2D eigenvalue weighted by Gasteiger charge is 2.11. The molecule has 0 saturated carbocycles. The largest absolute Gasteiger partial charge is 0.472 e. The van der Waals surface area contributed by atoms with Crippen molar-refractivity contribution in [2.75, 3.05) is 19.8 Å². The van der Waals surface area contributed by atoms with Crippen molar-refractivity contribution >= 4 is 5.91 Å². The number of ether oxygens (including phenoxy) is 2. The van der Waals surface area contributed by atoms with Gasteiger partial charge in [-0.25, -0.2) is 0 Å². The van der Waals surface area contributed by atoms with Crippen molar-refractivity contribution in [2.45, 2.75) is 20.1 Å². The van der Waals surface area contributed by atoms with Crippen LogP contribution in [0.3, 0.4) is 0 Å². The van der Waals surface area contributed by atoms with E-state index in [0.29, 0.717) is 25.3 Å². The molecule has 1 N–H and O–H groups in total. The zero-order chi connectivity index (χ0) is 11.8. The number of amides is 1. The number of nitrogens with one attached hydrogen (secondary N) is 1. The van der Waals surface area contributed by atoms with E-state index in [0.717, 1.165) is 0 Å². The Kier molecular flexibility index (Phi) is 5.60. The Balaban J connectivity index is 2.34. The minimum absolute atomic E-state index is 0.196. The second kappa shape index (κ2) is 7.03. The smallest absolute Gasteiger partial charge is 0.254 e. The van der Waals surface area contributed by atoms with E-state index in [2.05, 4.69) is 5.32 Å². The summed E-state index contributed by atoms with van der Waals surface area (Å²) in [5.41, 5.74) is 0.492. The Morgan fingerprint density at radius 3 is 2.62 bits per heavy atom. The van der Waals surface area contributed by atoms with Crippen molar-refractivity contribution in [1.29, 1.82) is 0 Å². The van der Waals surface area contributed by atoms with Crippen LogP contribution in [0.25, 0.3) is 0 Å². The molecule has 1 aromatic heterocycles. The van der Waals surface area contributed by atoms with Gasteiger partial charge in [-0.3, -0.25) is 4.79 Å². The first-order valence-electron chi connectivity index (χ1n) is 5.31. The first kappa shape index (κ1) is 12.7. The standard InChI is InChI=1S/C11H17NO4/c1-3-15-10(16-4-2)7-12-11(13)9-5-6-14-8-9/h5-6,8,10H,3-4,7H2,1-2H3,(H,12,13). The van der Waals surface area contributed by atoms with Gasteiger partial charge in [-0.2, -0.15) is 0 Å². The molecule has 0 unspecified atom stereocenters. The maximum absolute atomic E-state index is 11.5. The van der Waals surface area contributed by atoms with Crippen molar-refractivity contribution in [3.63, 3.8) is 0 Å². The number of carbonyl (C=O) groups excluding carboxylic acids is 1. The number of furan rings is 1. The number of carbonyl (C=O) groups is 1. The lowest BCUT2D eigenvalue weighted by atomic mass is 10.3. The van der Waals surface area contributed by atoms with Crippen LogP contribution in [0.2, 0.25) is 0 Å². The fourth-order valence-corrected chi connectivity index (χ4v) is 1.21. The first-order chi connectivity index (χ1) is 7.77. The lowest BCUT2D eigenvalue weighted by molar-refractivity contribution is -0.131. The Hall–Kier alpha value is -1.33. The summed E-state index contributed by atoms with van der Waals surface area (Å²) in [6.45, 7) is 5.18. The van der Waals surface area contributed by atoms with Gasteiger partial charge in [0.2, 0.25) is 0 Å². The van der Waals surface area contributed by atoms with Crippen LogP contribution >= 0.6 is 0 Å². The Morgan fingerprint density at radius 1 is 1.44 bits per heavy atom. The number of hydrogen-bond donors (Lipinski definition) is 1. The molecule has 1 aromatic rings. The Morgan fingerprint density at radius 2 is 2.12 bits per heavy atom. The fourth-order valence-electron chi connectivity index (χ4n) is 1.21. The molecule has 5 nitrogen and oxygen atoms in total. The molecule has 0 aliphatic carbocycles. The van der Waals surface area contributed by atoms with E-state index in [9.17, 15) is 4.79 Å². The van der Waals surface area contributed by atoms with Gasteiger partial charge in [0.25, 0.3) is 5.91 Å². The monoisotopic (exact) mass is 227 g/mol. The third-order valence-electron chi connectivity index (χ3n) is 1.92. The van der Waals surface area contributed by atoms with Crippen LogP contribution in [0.1, 0.15) is 24.2 Å². The van der Waals surface area contributed by atoms with Crippen LogP contribution in [0.5, 0.6) is 0 Å². The molecule has 0 radical (unpaired) electrons. The minimum atomic E-state index is -0.397. The van der Waals surface area contributed by atoms with Crippen molar-refractivity contribution < 1.29 is 18.7 Å². The SMILES string of the molecule is CCOC(CNC(=O)c1ccoc1)OCC. The van der Waals surface area contributed by atoms with E-state index in [-0.39, 0.29) is 5.91 Å². The molecule has 1 heterocycles. The first-order valence-corrected chi connectivity index (χ1v) is 5.31. The summed E-state index contributed by atoms with van der Waals surface area (Å²) in [6.07, 6.45) is 2.45. The molecular formula is C11H17NO4. The van der Waals surface area contributed by atoms with Gasteiger partial charge in [0.1, 0.15) is 6.26 Å². The van der Waals surface area contributed by atoms with Gasteiger partial charge < -0.3 is 19.2 Å². The van der Waals surface area contributed by atoms with Crippen molar-refractivity contribution in [2.24, 2.45) is 0 Å². The summed E-state index contributed by atoms with van der Waals surface area (Å²) < 4.78 is 15.4. The molecule has 0 fully saturated rings. The van der Waals surface area contributed by atoms with Gasteiger partial charge in [0, 0.05) is 13.2 Å². The molecule has 0 aliphatic rings. The van der Waals surface area contributed by atoms with E-state index in [1.165, 1.54) is 12.5 Å². The molecule has 5 heteroatoms. The van der Waals surface area contributed by atoms with Gasteiger partial charge in [-0.05, 0) is 19.9 Å². The highest BCUT2D eigenvalue weighted by Crippen LogP contribution is 2.00. The molecule has 1 rings (SSSR count). The quantitative estimate of drug-likeness (QED) is 0.715.